The van der Waals surface area contributed by atoms with Crippen LogP contribution in [0.15, 0.2) is 47.7 Å². The summed E-state index contributed by atoms with van der Waals surface area (Å²) in [5.74, 6) is -0.428. The minimum atomic E-state index is -0.686. The van der Waals surface area contributed by atoms with E-state index in [0.717, 1.165) is 24.2 Å². The van der Waals surface area contributed by atoms with Crippen LogP contribution in [0.3, 0.4) is 0 Å². The normalized spacial score (nSPS) is 39.8. The van der Waals surface area contributed by atoms with E-state index < -0.39 is 5.60 Å². The van der Waals surface area contributed by atoms with E-state index in [-0.39, 0.29) is 36.2 Å². The van der Waals surface area contributed by atoms with Gasteiger partial charge in [0.2, 0.25) is 0 Å². The Morgan fingerprint density at radius 1 is 1.44 bits per heavy atom. The molecule has 4 aliphatic heterocycles. The second-order valence-electron chi connectivity index (χ2n) is 8.16. The highest BCUT2D eigenvalue weighted by Gasteiger charge is 2.76. The number of carbonyl (C=O) groups excluding carboxylic acids is 1. The van der Waals surface area contributed by atoms with Crippen LogP contribution in [0.5, 0.6) is 0 Å². The first-order valence-corrected chi connectivity index (χ1v) is 9.57. The van der Waals surface area contributed by atoms with Gasteiger partial charge in [0.25, 0.3) is 0 Å². The number of ether oxygens (including phenoxy) is 2. The Morgan fingerprint density at radius 2 is 2.30 bits per heavy atom. The van der Waals surface area contributed by atoms with Gasteiger partial charge in [-0.1, -0.05) is 24.3 Å². The maximum absolute atomic E-state index is 12.5. The molecule has 27 heavy (non-hydrogen) atoms. The summed E-state index contributed by atoms with van der Waals surface area (Å²) in [5, 5.41) is 13.7. The number of fused-ring (bicyclic) bond motifs is 1. The molecule has 4 heterocycles. The predicted octanol–water partition coefficient (Wildman–Crippen LogP) is 1.53. The third-order valence-electron chi connectivity index (χ3n) is 7.40. The van der Waals surface area contributed by atoms with Gasteiger partial charge in [-0.3, -0.25) is 0 Å². The van der Waals surface area contributed by atoms with Gasteiger partial charge in [-0.15, -0.1) is 0 Å². The van der Waals surface area contributed by atoms with Crippen LogP contribution in [-0.2, 0) is 19.7 Å². The van der Waals surface area contributed by atoms with E-state index >= 15 is 0 Å². The summed E-state index contributed by atoms with van der Waals surface area (Å²) in [6.07, 6.45) is 5.53. The lowest BCUT2D eigenvalue weighted by atomic mass is 9.64. The molecule has 5 atom stereocenters. The van der Waals surface area contributed by atoms with Crippen LogP contribution in [0.4, 0.5) is 5.69 Å². The standard InChI is InChI=1S/C21H22N2O4/c1-26-17(25)13-10-23-9-8-20-15-4-2-3-5-16(15)22-19(20)27-21(18(20)23)12(11-24)6-7-14(13)21/h2-6,10,14,18-19,22,24H,7-9,11H2,1H3/t14-,18+,19-,20+,21+/m1/s1. The number of methoxy groups -OCH3 is 1. The summed E-state index contributed by atoms with van der Waals surface area (Å²) in [6, 6.07) is 8.48. The maximum atomic E-state index is 12.5. The van der Waals surface area contributed by atoms with Crippen molar-refractivity contribution in [3.8, 4) is 0 Å². The molecule has 6 rings (SSSR count). The Hall–Kier alpha value is -2.31. The smallest absolute Gasteiger partial charge is 0.335 e. The van der Waals surface area contributed by atoms with Crippen LogP contribution in [0.2, 0.25) is 0 Å². The Bertz CT molecular complexity index is 925. The zero-order chi connectivity index (χ0) is 18.4. The second kappa shape index (κ2) is 4.94. The molecule has 0 amide bonds. The zero-order valence-electron chi connectivity index (χ0n) is 15.1. The average molecular weight is 366 g/mol. The van der Waals surface area contributed by atoms with E-state index in [9.17, 15) is 9.90 Å². The molecule has 2 fully saturated rings. The SMILES string of the molecule is COC(=O)C1=CN2CC[C@@]34c5ccccc5N[C@@H]3O[C@]3(C(CO)=CC[C@H]13)[C@@H]24. The van der Waals surface area contributed by atoms with Crippen molar-refractivity contribution in [2.75, 3.05) is 25.6 Å². The second-order valence-corrected chi connectivity index (χ2v) is 8.16. The van der Waals surface area contributed by atoms with Gasteiger partial charge in [-0.2, -0.15) is 0 Å². The molecule has 1 aromatic rings. The maximum Gasteiger partial charge on any atom is 0.335 e. The molecule has 0 bridgehead atoms. The van der Waals surface area contributed by atoms with Crippen LogP contribution >= 0.6 is 0 Å². The number of rotatable bonds is 2. The Labute approximate surface area is 157 Å². The van der Waals surface area contributed by atoms with Crippen LogP contribution in [0.25, 0.3) is 0 Å². The number of benzene rings is 1. The number of para-hydroxylation sites is 1. The van der Waals surface area contributed by atoms with Crippen molar-refractivity contribution in [2.24, 2.45) is 5.92 Å². The number of hydrogen-bond acceptors (Lipinski definition) is 6. The van der Waals surface area contributed by atoms with E-state index in [1.807, 2.05) is 12.3 Å². The lowest BCUT2D eigenvalue weighted by Gasteiger charge is -2.47. The highest BCUT2D eigenvalue weighted by atomic mass is 16.5. The number of nitrogens with one attached hydrogen (secondary N) is 1. The first-order valence-electron chi connectivity index (χ1n) is 9.57. The first kappa shape index (κ1) is 15.7. The minimum Gasteiger partial charge on any atom is -0.466 e. The quantitative estimate of drug-likeness (QED) is 0.611. The summed E-state index contributed by atoms with van der Waals surface area (Å²) in [4.78, 5) is 14.8. The van der Waals surface area contributed by atoms with Gasteiger partial charge >= 0.3 is 5.97 Å². The molecule has 1 aliphatic carbocycles. The number of carbonyl (C=O) groups is 1. The molecule has 2 spiro atoms. The summed E-state index contributed by atoms with van der Waals surface area (Å²) in [5.41, 5.74) is 3.11. The fourth-order valence-corrected chi connectivity index (χ4v) is 6.49. The lowest BCUT2D eigenvalue weighted by molar-refractivity contribution is -0.139. The lowest BCUT2D eigenvalue weighted by Crippen LogP contribution is -2.59. The third kappa shape index (κ3) is 1.55. The number of esters is 1. The van der Waals surface area contributed by atoms with Crippen molar-refractivity contribution < 1.29 is 19.4 Å². The topological polar surface area (TPSA) is 71.0 Å². The van der Waals surface area contributed by atoms with E-state index in [1.165, 1.54) is 12.7 Å². The molecule has 1 aromatic carbocycles. The Balaban J connectivity index is 1.59. The molecular formula is C21H22N2O4. The summed E-state index contributed by atoms with van der Waals surface area (Å²) < 4.78 is 11.9. The number of nitrogens with zero attached hydrogens (tertiary/aromatic N) is 1. The molecule has 0 unspecified atom stereocenters. The van der Waals surface area contributed by atoms with E-state index in [1.54, 1.807) is 0 Å². The predicted molar refractivity (Wildman–Crippen MR) is 97.8 cm³/mol. The van der Waals surface area contributed by atoms with E-state index in [2.05, 4.69) is 34.5 Å². The van der Waals surface area contributed by atoms with Gasteiger partial charge < -0.3 is 24.8 Å². The van der Waals surface area contributed by atoms with Crippen LogP contribution in [0, 0.1) is 5.92 Å². The van der Waals surface area contributed by atoms with Gasteiger partial charge in [0, 0.05) is 24.4 Å². The highest BCUT2D eigenvalue weighted by Crippen LogP contribution is 2.66. The molecule has 0 aromatic heterocycles. The van der Waals surface area contributed by atoms with Crippen molar-refractivity contribution in [1.82, 2.24) is 4.90 Å². The van der Waals surface area contributed by atoms with Crippen LogP contribution in [0.1, 0.15) is 18.4 Å². The monoisotopic (exact) mass is 366 g/mol. The fraction of sp³-hybridized carbons (Fsp3) is 0.476. The van der Waals surface area contributed by atoms with Crippen molar-refractivity contribution in [3.05, 3.63) is 53.3 Å². The van der Waals surface area contributed by atoms with Crippen molar-refractivity contribution in [2.45, 2.75) is 36.1 Å². The van der Waals surface area contributed by atoms with Crippen molar-refractivity contribution in [1.29, 1.82) is 0 Å². The van der Waals surface area contributed by atoms with Gasteiger partial charge in [-0.25, -0.2) is 4.79 Å². The van der Waals surface area contributed by atoms with Crippen LogP contribution < -0.4 is 5.32 Å². The number of aliphatic hydroxyl groups excluding tert-OH is 1. The van der Waals surface area contributed by atoms with Gasteiger partial charge in [0.1, 0.15) is 11.8 Å². The summed E-state index contributed by atoms with van der Waals surface area (Å²) >= 11 is 0. The first-order chi connectivity index (χ1) is 13.2. The molecule has 0 radical (unpaired) electrons. The number of allylic oxidation sites excluding steroid dienone is 1. The van der Waals surface area contributed by atoms with E-state index in [4.69, 9.17) is 9.47 Å². The number of aliphatic hydroxyl groups is 1. The van der Waals surface area contributed by atoms with E-state index in [0.29, 0.717) is 12.0 Å². The highest BCUT2D eigenvalue weighted by molar-refractivity contribution is 5.90. The molecule has 6 heteroatoms. The van der Waals surface area contributed by atoms with Crippen molar-refractivity contribution in [3.63, 3.8) is 0 Å². The molecule has 5 aliphatic rings. The minimum absolute atomic E-state index is 0.0558. The number of hydrogen-bond donors (Lipinski definition) is 2. The summed E-state index contributed by atoms with van der Waals surface area (Å²) in [6.45, 7) is 0.800. The Morgan fingerprint density at radius 3 is 3.11 bits per heavy atom. The van der Waals surface area contributed by atoms with Crippen LogP contribution in [-0.4, -0.2) is 54.1 Å². The van der Waals surface area contributed by atoms with Gasteiger partial charge in [-0.05, 0) is 30.0 Å². The molecule has 0 saturated carbocycles. The Kier molecular flexibility index (Phi) is 2.88. The van der Waals surface area contributed by atoms with Gasteiger partial charge in [0.05, 0.1) is 30.7 Å². The third-order valence-corrected chi connectivity index (χ3v) is 7.40. The molecule has 2 N–H and O–H groups in total. The zero-order valence-corrected chi connectivity index (χ0v) is 15.1. The largest absolute Gasteiger partial charge is 0.466 e. The summed E-state index contributed by atoms with van der Waals surface area (Å²) in [7, 11) is 1.42. The van der Waals surface area contributed by atoms with Crippen molar-refractivity contribution >= 4 is 11.7 Å². The average Bonchev–Trinajstić information content (AvgIpc) is 3.40. The molecular weight excluding hydrogens is 344 g/mol. The van der Waals surface area contributed by atoms with Gasteiger partial charge in [0.15, 0.2) is 0 Å². The fourth-order valence-electron chi connectivity index (χ4n) is 6.49. The molecule has 140 valence electrons. The number of anilines is 1. The molecule has 2 saturated heterocycles. The molecule has 6 nitrogen and oxygen atoms in total.